The molecule has 0 saturated heterocycles. The van der Waals surface area contributed by atoms with Gasteiger partial charge in [0.25, 0.3) is 5.91 Å². The lowest BCUT2D eigenvalue weighted by Crippen LogP contribution is -2.33. The molecule has 0 aliphatic carbocycles. The van der Waals surface area contributed by atoms with E-state index in [0.29, 0.717) is 18.1 Å². The van der Waals surface area contributed by atoms with E-state index in [1.165, 1.54) is 0 Å². The Morgan fingerprint density at radius 1 is 1.47 bits per heavy atom. The van der Waals surface area contributed by atoms with Crippen molar-refractivity contribution in [2.24, 2.45) is 5.16 Å². The Hall–Kier alpha value is -1.98. The molecule has 0 aromatic carbocycles. The minimum absolute atomic E-state index is 0.0667. The number of nitrogens with one attached hydrogen (secondary N) is 1. The van der Waals surface area contributed by atoms with Gasteiger partial charge in [-0.3, -0.25) is 4.79 Å². The van der Waals surface area contributed by atoms with E-state index in [9.17, 15) is 4.79 Å². The summed E-state index contributed by atoms with van der Waals surface area (Å²) in [6, 6.07) is 1.67. The van der Waals surface area contributed by atoms with E-state index in [0.717, 1.165) is 24.2 Å². The molecule has 0 fully saturated rings. The van der Waals surface area contributed by atoms with Gasteiger partial charge in [-0.2, -0.15) is 0 Å². The Bertz CT molecular complexity index is 493. The normalized spacial score (nSPS) is 17.8. The maximum Gasteiger partial charge on any atom is 0.270 e. The van der Waals surface area contributed by atoms with Crippen LogP contribution in [-0.2, 0) is 4.84 Å². The number of hydrogen-bond donors (Lipinski definition) is 1. The van der Waals surface area contributed by atoms with Crippen LogP contribution in [0.4, 0.5) is 0 Å². The van der Waals surface area contributed by atoms with Crippen LogP contribution in [-0.4, -0.2) is 34.2 Å². The maximum atomic E-state index is 12.0. The number of aromatic nitrogens is 2. The van der Waals surface area contributed by atoms with Gasteiger partial charge in [-0.05, 0) is 26.3 Å². The molecule has 1 atom stereocenters. The summed E-state index contributed by atoms with van der Waals surface area (Å²) in [6.07, 6.45) is 1.59. The minimum atomic E-state index is -0.206. The Morgan fingerprint density at radius 2 is 2.26 bits per heavy atom. The highest BCUT2D eigenvalue weighted by molar-refractivity contribution is 5.92. The fourth-order valence-electron chi connectivity index (χ4n) is 1.94. The summed E-state index contributed by atoms with van der Waals surface area (Å²) in [7, 11) is 0. The van der Waals surface area contributed by atoms with Crippen LogP contribution in [0.5, 0.6) is 0 Å². The average molecular weight is 262 g/mol. The molecule has 1 aliphatic rings. The summed E-state index contributed by atoms with van der Waals surface area (Å²) in [5.74, 6) is 0.390. The van der Waals surface area contributed by atoms with E-state index in [-0.39, 0.29) is 12.0 Å². The van der Waals surface area contributed by atoms with Crippen molar-refractivity contribution in [3.05, 3.63) is 23.3 Å². The first-order valence-electron chi connectivity index (χ1n) is 6.40. The molecule has 1 aliphatic heterocycles. The molecule has 0 bridgehead atoms. The van der Waals surface area contributed by atoms with Crippen molar-refractivity contribution in [3.8, 4) is 0 Å². The van der Waals surface area contributed by atoms with Crippen LogP contribution >= 0.6 is 0 Å². The third kappa shape index (κ3) is 3.49. The minimum Gasteiger partial charge on any atom is -0.390 e. The molecule has 1 unspecified atom stereocenters. The van der Waals surface area contributed by atoms with Crippen LogP contribution in [0.15, 0.2) is 11.2 Å². The summed E-state index contributed by atoms with van der Waals surface area (Å²) < 4.78 is 0. The zero-order valence-corrected chi connectivity index (χ0v) is 11.4. The van der Waals surface area contributed by atoms with Crippen LogP contribution in [0.1, 0.15) is 41.8 Å². The largest absolute Gasteiger partial charge is 0.390 e. The van der Waals surface area contributed by atoms with Crippen LogP contribution in [0.25, 0.3) is 0 Å². The van der Waals surface area contributed by atoms with Crippen LogP contribution in [0.3, 0.4) is 0 Å². The summed E-state index contributed by atoms with van der Waals surface area (Å²) in [4.78, 5) is 25.5. The lowest BCUT2D eigenvalue weighted by atomic mass is 10.1. The van der Waals surface area contributed by atoms with Gasteiger partial charge >= 0.3 is 0 Å². The van der Waals surface area contributed by atoms with Crippen LogP contribution < -0.4 is 5.32 Å². The Morgan fingerprint density at radius 3 is 2.89 bits per heavy atom. The molecule has 2 rings (SSSR count). The van der Waals surface area contributed by atoms with Crippen molar-refractivity contribution in [1.29, 1.82) is 0 Å². The maximum absolute atomic E-state index is 12.0. The molecule has 0 saturated carbocycles. The van der Waals surface area contributed by atoms with Crippen molar-refractivity contribution >= 4 is 11.6 Å². The topological polar surface area (TPSA) is 76.5 Å². The zero-order valence-electron chi connectivity index (χ0n) is 11.4. The fraction of sp³-hybridized carbons (Fsp3) is 0.538. The van der Waals surface area contributed by atoms with Gasteiger partial charge in [0.1, 0.15) is 17.6 Å². The number of hydrogen-bond acceptors (Lipinski definition) is 5. The summed E-state index contributed by atoms with van der Waals surface area (Å²) >= 11 is 0. The van der Waals surface area contributed by atoms with Gasteiger partial charge in [-0.25, -0.2) is 9.97 Å². The van der Waals surface area contributed by atoms with Crippen molar-refractivity contribution in [3.63, 3.8) is 0 Å². The number of amides is 1. The first kappa shape index (κ1) is 13.5. The van der Waals surface area contributed by atoms with E-state index in [2.05, 4.69) is 20.4 Å². The molecule has 1 aromatic heterocycles. The lowest BCUT2D eigenvalue weighted by Gasteiger charge is -2.10. The van der Waals surface area contributed by atoms with Gasteiger partial charge < -0.3 is 10.2 Å². The van der Waals surface area contributed by atoms with Gasteiger partial charge in [-0.15, -0.1) is 0 Å². The second kappa shape index (κ2) is 5.77. The third-order valence-corrected chi connectivity index (χ3v) is 2.89. The smallest absolute Gasteiger partial charge is 0.270 e. The van der Waals surface area contributed by atoms with E-state index in [1.807, 2.05) is 13.8 Å². The second-order valence-corrected chi connectivity index (χ2v) is 4.59. The first-order chi connectivity index (χ1) is 9.08. The molecule has 6 heteroatoms. The molecule has 1 aromatic rings. The number of oxime groups is 1. The van der Waals surface area contributed by atoms with Gasteiger partial charge in [0, 0.05) is 12.1 Å². The highest BCUT2D eigenvalue weighted by Gasteiger charge is 2.20. The van der Waals surface area contributed by atoms with Crippen molar-refractivity contribution in [1.82, 2.24) is 15.3 Å². The third-order valence-electron chi connectivity index (χ3n) is 2.89. The highest BCUT2D eigenvalue weighted by atomic mass is 16.6. The highest BCUT2D eigenvalue weighted by Crippen LogP contribution is 2.11. The molecule has 19 heavy (non-hydrogen) atoms. The number of rotatable bonds is 4. The van der Waals surface area contributed by atoms with Gasteiger partial charge in [0.05, 0.1) is 12.3 Å². The van der Waals surface area contributed by atoms with E-state index < -0.39 is 0 Å². The molecule has 2 heterocycles. The summed E-state index contributed by atoms with van der Waals surface area (Å²) in [5.41, 5.74) is 2.21. The van der Waals surface area contributed by atoms with Crippen LogP contribution in [0.2, 0.25) is 0 Å². The predicted octanol–water partition coefficient (Wildman–Crippen LogP) is 1.38. The number of carbonyl (C=O) groups is 1. The van der Waals surface area contributed by atoms with Gasteiger partial charge in [0.15, 0.2) is 0 Å². The molecule has 102 valence electrons. The van der Waals surface area contributed by atoms with Gasteiger partial charge in [0.2, 0.25) is 0 Å². The zero-order chi connectivity index (χ0) is 13.8. The van der Waals surface area contributed by atoms with Crippen molar-refractivity contribution in [2.45, 2.75) is 39.7 Å². The Balaban J connectivity index is 1.88. The number of aryl methyl sites for hydroxylation is 2. The molecular weight excluding hydrogens is 244 g/mol. The Kier molecular flexibility index (Phi) is 4.09. The second-order valence-electron chi connectivity index (χ2n) is 4.59. The van der Waals surface area contributed by atoms with Crippen molar-refractivity contribution < 1.29 is 9.63 Å². The van der Waals surface area contributed by atoms with E-state index >= 15 is 0 Å². The monoisotopic (exact) mass is 262 g/mol. The summed E-state index contributed by atoms with van der Waals surface area (Å²) in [5, 5.41) is 6.77. The van der Waals surface area contributed by atoms with E-state index in [4.69, 9.17) is 4.84 Å². The van der Waals surface area contributed by atoms with Crippen LogP contribution in [0, 0.1) is 13.8 Å². The standard InChI is InChI=1S/C13H18N4O2/c1-4-10-6-11(19-17-10)7-14-13(18)12-5-8(2)15-9(3)16-12/h5,11H,4,6-7H2,1-3H3,(H,14,18). The SMILES string of the molecule is CCC1=NOC(CNC(=O)c2cc(C)nc(C)n2)C1. The first-order valence-corrected chi connectivity index (χ1v) is 6.40. The summed E-state index contributed by atoms with van der Waals surface area (Å²) in [6.45, 7) is 6.08. The quantitative estimate of drug-likeness (QED) is 0.889. The molecule has 1 N–H and O–H groups in total. The average Bonchev–Trinajstić information content (AvgIpc) is 2.82. The van der Waals surface area contributed by atoms with Crippen molar-refractivity contribution in [2.75, 3.05) is 6.54 Å². The molecule has 1 amide bonds. The lowest BCUT2D eigenvalue weighted by molar-refractivity contribution is 0.0751. The van der Waals surface area contributed by atoms with Gasteiger partial charge in [-0.1, -0.05) is 12.1 Å². The molecule has 0 spiro atoms. The fourth-order valence-corrected chi connectivity index (χ4v) is 1.94. The molecule has 0 radical (unpaired) electrons. The molecular formula is C13H18N4O2. The number of nitrogens with zero attached hydrogens (tertiary/aromatic N) is 3. The predicted molar refractivity (Wildman–Crippen MR) is 71.1 cm³/mol. The van der Waals surface area contributed by atoms with E-state index in [1.54, 1.807) is 13.0 Å². The Labute approximate surface area is 112 Å². The number of carbonyl (C=O) groups excluding carboxylic acids is 1. The molecule has 6 nitrogen and oxygen atoms in total.